The fourth-order valence-electron chi connectivity index (χ4n) is 6.39. The summed E-state index contributed by atoms with van der Waals surface area (Å²) in [7, 11) is 0.0309. The Hall–Kier alpha value is -0.843. The third-order valence-electron chi connectivity index (χ3n) is 9.59. The average molecular weight is 517 g/mol. The van der Waals surface area contributed by atoms with E-state index in [2.05, 4.69) is 65.9 Å². The summed E-state index contributed by atoms with van der Waals surface area (Å²) in [6.45, 7) is 17.4. The summed E-state index contributed by atoms with van der Waals surface area (Å²) >= 11 is 0. The molecule has 2 aliphatic rings. The zero-order valence-corrected chi connectivity index (χ0v) is 25.8. The van der Waals surface area contributed by atoms with Crippen LogP contribution in [0, 0.1) is 17.8 Å². The summed E-state index contributed by atoms with van der Waals surface area (Å²) in [5.74, 6) is 3.16. The maximum atomic E-state index is 7.05. The van der Waals surface area contributed by atoms with E-state index < -0.39 is 8.32 Å². The van der Waals surface area contributed by atoms with Crippen LogP contribution >= 0.6 is 0 Å². The van der Waals surface area contributed by atoms with Crippen LogP contribution in [0.3, 0.4) is 0 Å². The van der Waals surface area contributed by atoms with Gasteiger partial charge >= 0.3 is 0 Å². The highest BCUT2D eigenvalue weighted by Gasteiger charge is 2.46. The second kappa shape index (κ2) is 13.3. The van der Waals surface area contributed by atoms with Gasteiger partial charge in [-0.2, -0.15) is 0 Å². The molecule has 0 saturated heterocycles. The predicted octanol–water partition coefficient (Wildman–Crippen LogP) is 8.98. The summed E-state index contributed by atoms with van der Waals surface area (Å²) in [6, 6.07) is 6.65. The number of rotatable bonds is 14. The Labute approximate surface area is 224 Å². The first-order valence-electron chi connectivity index (χ1n) is 15.0. The second-order valence-corrected chi connectivity index (χ2v) is 17.9. The molecular weight excluding hydrogens is 460 g/mol. The van der Waals surface area contributed by atoms with Crippen LogP contribution in [0.25, 0.3) is 0 Å². The Morgan fingerprint density at radius 3 is 2.42 bits per heavy atom. The van der Waals surface area contributed by atoms with E-state index >= 15 is 0 Å². The van der Waals surface area contributed by atoms with Crippen molar-refractivity contribution in [3.05, 3.63) is 29.3 Å². The summed E-state index contributed by atoms with van der Waals surface area (Å²) in [4.78, 5) is 0. The van der Waals surface area contributed by atoms with Gasteiger partial charge in [-0.05, 0) is 98.0 Å². The normalized spacial score (nSPS) is 24.9. The van der Waals surface area contributed by atoms with Gasteiger partial charge in [0, 0.05) is 12.7 Å². The van der Waals surface area contributed by atoms with Crippen LogP contribution in [0.5, 0.6) is 5.75 Å². The zero-order chi connectivity index (χ0) is 26.3. The molecule has 0 aliphatic heterocycles. The first kappa shape index (κ1) is 29.7. The largest absolute Gasteiger partial charge is 0.496 e. The molecule has 4 heteroatoms. The van der Waals surface area contributed by atoms with Gasteiger partial charge in [0.2, 0.25) is 0 Å². The van der Waals surface area contributed by atoms with Crippen molar-refractivity contribution < 1.29 is 13.9 Å². The number of benzene rings is 1. The van der Waals surface area contributed by atoms with E-state index in [9.17, 15) is 0 Å². The molecule has 0 bridgehead atoms. The van der Waals surface area contributed by atoms with Crippen molar-refractivity contribution in [3.8, 4) is 5.75 Å². The number of unbranched alkanes of at least 4 members (excludes halogenated alkanes) is 3. The molecular formula is C32H56O3Si. The Morgan fingerprint density at radius 1 is 1.00 bits per heavy atom. The number of hydrogen-bond acceptors (Lipinski definition) is 3. The minimum Gasteiger partial charge on any atom is -0.496 e. The summed E-state index contributed by atoms with van der Waals surface area (Å²) in [5, 5.41) is 0.256. The van der Waals surface area contributed by atoms with Crippen molar-refractivity contribution in [2.45, 2.75) is 136 Å². The monoisotopic (exact) mass is 516 g/mol. The third-order valence-corrected chi connectivity index (χ3v) is 14.1. The van der Waals surface area contributed by atoms with Crippen molar-refractivity contribution >= 4 is 8.32 Å². The van der Waals surface area contributed by atoms with Crippen LogP contribution in [0.15, 0.2) is 18.2 Å². The molecule has 2 aliphatic carbocycles. The Balaban J connectivity index is 1.76. The van der Waals surface area contributed by atoms with Crippen molar-refractivity contribution in [2.75, 3.05) is 13.7 Å². The maximum absolute atomic E-state index is 7.05. The van der Waals surface area contributed by atoms with E-state index in [1.54, 1.807) is 0 Å². The van der Waals surface area contributed by atoms with Crippen LogP contribution in [-0.2, 0) is 22.0 Å². The highest BCUT2D eigenvalue weighted by Crippen LogP contribution is 2.50. The molecule has 206 valence electrons. The van der Waals surface area contributed by atoms with Gasteiger partial charge in [-0.25, -0.2) is 0 Å². The maximum Gasteiger partial charge on any atom is 0.192 e. The van der Waals surface area contributed by atoms with Crippen molar-refractivity contribution in [2.24, 2.45) is 17.8 Å². The molecule has 0 amide bonds. The van der Waals surface area contributed by atoms with Gasteiger partial charge in [0.25, 0.3) is 0 Å². The standard InChI is InChI=1S/C32H56O3Si/c1-9-11-13-16-26(35-36(7,8)32(3,4)5)18-19-27-28-21-24-15-14-17-30(33-6)29(24)22-25(28)23-31(27)34-20-12-10-2/h14-15,17,25-28,31H,9-13,16,18-23H2,1-8H3/t25-,26-,27+,28-,31+/m1/s1. The lowest BCUT2D eigenvalue weighted by molar-refractivity contribution is 0.0112. The first-order chi connectivity index (χ1) is 17.1. The molecule has 1 fully saturated rings. The second-order valence-electron chi connectivity index (χ2n) is 13.2. The number of methoxy groups -OCH3 is 1. The Kier molecular flexibility index (Phi) is 11.0. The Bertz CT molecular complexity index is 799. The van der Waals surface area contributed by atoms with E-state index in [4.69, 9.17) is 13.9 Å². The molecule has 0 N–H and O–H groups in total. The molecule has 1 aromatic rings. The predicted molar refractivity (Wildman–Crippen MR) is 156 cm³/mol. The van der Waals surface area contributed by atoms with E-state index in [1.807, 2.05) is 7.11 Å². The van der Waals surface area contributed by atoms with Gasteiger partial charge < -0.3 is 13.9 Å². The van der Waals surface area contributed by atoms with Crippen LogP contribution in [0.2, 0.25) is 18.1 Å². The van der Waals surface area contributed by atoms with Crippen molar-refractivity contribution in [1.82, 2.24) is 0 Å². The van der Waals surface area contributed by atoms with Crippen LogP contribution in [0.1, 0.15) is 104 Å². The van der Waals surface area contributed by atoms with Crippen LogP contribution in [-0.4, -0.2) is 34.2 Å². The molecule has 36 heavy (non-hydrogen) atoms. The van der Waals surface area contributed by atoms with E-state index in [1.165, 1.54) is 75.3 Å². The highest BCUT2D eigenvalue weighted by atomic mass is 28.4. The van der Waals surface area contributed by atoms with Gasteiger partial charge in [0.15, 0.2) is 8.32 Å². The lowest BCUT2D eigenvalue weighted by Crippen LogP contribution is -2.44. The average Bonchev–Trinajstić information content (AvgIpc) is 3.16. The van der Waals surface area contributed by atoms with Gasteiger partial charge in [-0.1, -0.05) is 72.4 Å². The first-order valence-corrected chi connectivity index (χ1v) is 18.0. The minimum atomic E-state index is -1.79. The fraction of sp³-hybridized carbons (Fsp3) is 0.812. The number of ether oxygens (including phenoxy) is 2. The summed E-state index contributed by atoms with van der Waals surface area (Å²) in [5.41, 5.74) is 2.96. The Morgan fingerprint density at radius 2 is 1.75 bits per heavy atom. The SMILES string of the molecule is CCCCC[C@H](CC[C@H]1[C@@H]2Cc3cccc(OC)c3C[C@@H]2C[C@@H]1OCCCC)O[Si](C)(C)C(C)(C)C. The molecule has 3 nitrogen and oxygen atoms in total. The highest BCUT2D eigenvalue weighted by molar-refractivity contribution is 6.74. The van der Waals surface area contributed by atoms with Gasteiger partial charge in [0.1, 0.15) is 5.75 Å². The quantitative estimate of drug-likeness (QED) is 0.182. The van der Waals surface area contributed by atoms with E-state index in [0.717, 1.165) is 24.7 Å². The number of fused-ring (bicyclic) bond motifs is 2. The molecule has 0 spiro atoms. The lowest BCUT2D eigenvalue weighted by Gasteiger charge is -2.40. The van der Waals surface area contributed by atoms with Gasteiger partial charge in [0.05, 0.1) is 13.2 Å². The molecule has 0 aromatic heterocycles. The molecule has 5 atom stereocenters. The summed E-state index contributed by atoms with van der Waals surface area (Å²) in [6.07, 6.45) is 14.2. The molecule has 0 radical (unpaired) electrons. The smallest absolute Gasteiger partial charge is 0.192 e. The zero-order valence-electron chi connectivity index (χ0n) is 24.8. The molecule has 0 heterocycles. The topological polar surface area (TPSA) is 27.7 Å². The lowest BCUT2D eigenvalue weighted by atomic mass is 9.73. The fourth-order valence-corrected chi connectivity index (χ4v) is 7.82. The summed E-state index contributed by atoms with van der Waals surface area (Å²) < 4.78 is 19.4. The minimum absolute atomic E-state index is 0.256. The van der Waals surface area contributed by atoms with Crippen LogP contribution in [0.4, 0.5) is 0 Å². The van der Waals surface area contributed by atoms with E-state index in [-0.39, 0.29) is 5.04 Å². The van der Waals surface area contributed by atoms with Crippen LogP contribution < -0.4 is 4.74 Å². The third kappa shape index (κ3) is 7.38. The molecule has 1 saturated carbocycles. The molecule has 0 unspecified atom stereocenters. The van der Waals surface area contributed by atoms with Gasteiger partial charge in [-0.3, -0.25) is 0 Å². The number of hydrogen-bond donors (Lipinski definition) is 0. The van der Waals surface area contributed by atoms with E-state index in [0.29, 0.717) is 24.0 Å². The van der Waals surface area contributed by atoms with Gasteiger partial charge in [-0.15, -0.1) is 0 Å². The van der Waals surface area contributed by atoms with Crippen molar-refractivity contribution in [1.29, 1.82) is 0 Å². The molecule has 3 rings (SSSR count). The molecule has 1 aromatic carbocycles. The van der Waals surface area contributed by atoms with Crippen molar-refractivity contribution in [3.63, 3.8) is 0 Å².